The van der Waals surface area contributed by atoms with Gasteiger partial charge < -0.3 is 10.9 Å². The Bertz CT molecular complexity index is 674. The summed E-state index contributed by atoms with van der Waals surface area (Å²) < 4.78 is 26.5. The standard InChI is InChI=1S/C14H12F2N2OS/c1-8-2-4-12(10(6-8)14(17)18-19)20-13-5-3-9(15)7-11(13)16/h2-7,19H,1H3,(H2,17,18). The van der Waals surface area contributed by atoms with Crippen molar-refractivity contribution in [3.63, 3.8) is 0 Å². The second-order valence-electron chi connectivity index (χ2n) is 4.16. The number of oxime groups is 1. The van der Waals surface area contributed by atoms with Crippen molar-refractivity contribution in [1.82, 2.24) is 0 Å². The smallest absolute Gasteiger partial charge is 0.171 e. The first kappa shape index (κ1) is 14.3. The fourth-order valence-corrected chi connectivity index (χ4v) is 2.60. The molecular formula is C14H12F2N2OS. The summed E-state index contributed by atoms with van der Waals surface area (Å²) in [4.78, 5) is 0.888. The first-order chi connectivity index (χ1) is 9.51. The molecule has 0 unspecified atom stereocenters. The molecular weight excluding hydrogens is 282 g/mol. The summed E-state index contributed by atoms with van der Waals surface area (Å²) in [6, 6.07) is 8.67. The van der Waals surface area contributed by atoms with Gasteiger partial charge in [0.25, 0.3) is 0 Å². The summed E-state index contributed by atoms with van der Waals surface area (Å²) >= 11 is 1.09. The average Bonchev–Trinajstić information content (AvgIpc) is 2.42. The van der Waals surface area contributed by atoms with Crippen LogP contribution in [0.25, 0.3) is 0 Å². The lowest BCUT2D eigenvalue weighted by Gasteiger charge is -2.09. The van der Waals surface area contributed by atoms with E-state index in [1.165, 1.54) is 12.1 Å². The van der Waals surface area contributed by atoms with Gasteiger partial charge in [-0.1, -0.05) is 28.5 Å². The zero-order valence-electron chi connectivity index (χ0n) is 10.6. The molecule has 0 aliphatic carbocycles. The van der Waals surface area contributed by atoms with E-state index in [1.54, 1.807) is 12.1 Å². The summed E-state index contributed by atoms with van der Waals surface area (Å²) in [5.41, 5.74) is 7.04. The lowest BCUT2D eigenvalue weighted by molar-refractivity contribution is 0.318. The quantitative estimate of drug-likeness (QED) is 0.394. The monoisotopic (exact) mass is 294 g/mol. The summed E-state index contributed by atoms with van der Waals surface area (Å²) in [6.07, 6.45) is 0. The van der Waals surface area contributed by atoms with Crippen molar-refractivity contribution in [2.24, 2.45) is 10.9 Å². The lowest BCUT2D eigenvalue weighted by Crippen LogP contribution is -2.14. The van der Waals surface area contributed by atoms with Crippen molar-refractivity contribution in [2.45, 2.75) is 16.7 Å². The highest BCUT2D eigenvalue weighted by Gasteiger charge is 2.12. The van der Waals surface area contributed by atoms with Crippen LogP contribution in [0.2, 0.25) is 0 Å². The van der Waals surface area contributed by atoms with E-state index in [2.05, 4.69) is 5.16 Å². The maximum absolute atomic E-state index is 13.7. The van der Waals surface area contributed by atoms with Crippen molar-refractivity contribution in [3.05, 3.63) is 59.2 Å². The highest BCUT2D eigenvalue weighted by molar-refractivity contribution is 7.99. The fourth-order valence-electron chi connectivity index (χ4n) is 1.66. The van der Waals surface area contributed by atoms with Gasteiger partial charge in [0.2, 0.25) is 0 Å². The Hall–Kier alpha value is -2.08. The molecule has 0 amide bonds. The molecule has 0 heterocycles. The Kier molecular flexibility index (Phi) is 4.24. The van der Waals surface area contributed by atoms with Gasteiger partial charge in [-0.05, 0) is 31.2 Å². The molecule has 104 valence electrons. The maximum atomic E-state index is 13.7. The van der Waals surface area contributed by atoms with E-state index >= 15 is 0 Å². The minimum atomic E-state index is -0.652. The summed E-state index contributed by atoms with van der Waals surface area (Å²) in [6.45, 7) is 1.86. The predicted molar refractivity (Wildman–Crippen MR) is 74.2 cm³/mol. The lowest BCUT2D eigenvalue weighted by atomic mass is 10.1. The summed E-state index contributed by atoms with van der Waals surface area (Å²) in [5.74, 6) is -1.34. The van der Waals surface area contributed by atoms with Gasteiger partial charge in [0.15, 0.2) is 5.84 Å². The summed E-state index contributed by atoms with van der Waals surface area (Å²) in [7, 11) is 0. The SMILES string of the molecule is Cc1ccc(Sc2ccc(F)cc2F)c(/C(N)=N/O)c1. The van der Waals surface area contributed by atoms with Crippen molar-refractivity contribution >= 4 is 17.6 Å². The molecule has 0 saturated carbocycles. The molecule has 0 aromatic heterocycles. The molecule has 2 aromatic carbocycles. The third-order valence-electron chi connectivity index (χ3n) is 2.63. The molecule has 2 rings (SSSR count). The van der Waals surface area contributed by atoms with Crippen LogP contribution in [0, 0.1) is 18.6 Å². The molecule has 2 aromatic rings. The van der Waals surface area contributed by atoms with Crippen LogP contribution in [0.15, 0.2) is 51.3 Å². The number of aryl methyl sites for hydroxylation is 1. The van der Waals surface area contributed by atoms with Crippen LogP contribution in [0.3, 0.4) is 0 Å². The molecule has 0 bridgehead atoms. The van der Waals surface area contributed by atoms with Crippen LogP contribution in [-0.2, 0) is 0 Å². The van der Waals surface area contributed by atoms with Crippen LogP contribution >= 0.6 is 11.8 Å². The minimum Gasteiger partial charge on any atom is -0.409 e. The molecule has 3 nitrogen and oxygen atoms in total. The van der Waals surface area contributed by atoms with Gasteiger partial charge >= 0.3 is 0 Å². The molecule has 6 heteroatoms. The van der Waals surface area contributed by atoms with Gasteiger partial charge in [-0.2, -0.15) is 0 Å². The van der Waals surface area contributed by atoms with Crippen molar-refractivity contribution < 1.29 is 14.0 Å². The van der Waals surface area contributed by atoms with E-state index in [9.17, 15) is 8.78 Å². The number of nitrogens with two attached hydrogens (primary N) is 1. The third kappa shape index (κ3) is 3.08. The predicted octanol–water partition coefficient (Wildman–Crippen LogP) is 3.52. The van der Waals surface area contributed by atoms with Gasteiger partial charge in [-0.25, -0.2) is 8.78 Å². The number of hydrogen-bond acceptors (Lipinski definition) is 3. The topological polar surface area (TPSA) is 58.6 Å². The molecule has 0 fully saturated rings. The first-order valence-corrected chi connectivity index (χ1v) is 6.54. The summed E-state index contributed by atoms with van der Waals surface area (Å²) in [5, 5.41) is 11.8. The molecule has 0 spiro atoms. The second-order valence-corrected chi connectivity index (χ2v) is 5.25. The second kappa shape index (κ2) is 5.92. The molecule has 3 N–H and O–H groups in total. The number of benzene rings is 2. The van der Waals surface area contributed by atoms with E-state index in [4.69, 9.17) is 10.9 Å². The number of rotatable bonds is 3. The number of nitrogens with zero attached hydrogens (tertiary/aromatic N) is 1. The molecule has 0 radical (unpaired) electrons. The Morgan fingerprint density at radius 2 is 1.85 bits per heavy atom. The Morgan fingerprint density at radius 1 is 1.15 bits per heavy atom. The Balaban J connectivity index is 2.43. The van der Waals surface area contributed by atoms with Gasteiger partial charge in [0.1, 0.15) is 11.6 Å². The largest absolute Gasteiger partial charge is 0.409 e. The fraction of sp³-hybridized carbons (Fsp3) is 0.0714. The first-order valence-electron chi connectivity index (χ1n) is 5.72. The normalized spacial score (nSPS) is 11.7. The van der Waals surface area contributed by atoms with E-state index in [1.807, 2.05) is 13.0 Å². The minimum absolute atomic E-state index is 0.0567. The Labute approximate surface area is 119 Å². The number of amidine groups is 1. The maximum Gasteiger partial charge on any atom is 0.171 e. The molecule has 0 atom stereocenters. The van der Waals surface area contributed by atoms with Gasteiger partial charge in [-0.3, -0.25) is 0 Å². The van der Waals surface area contributed by atoms with E-state index in [-0.39, 0.29) is 10.7 Å². The van der Waals surface area contributed by atoms with Crippen LogP contribution in [-0.4, -0.2) is 11.0 Å². The van der Waals surface area contributed by atoms with Crippen LogP contribution in [0.1, 0.15) is 11.1 Å². The zero-order chi connectivity index (χ0) is 14.7. The molecule has 0 saturated heterocycles. The van der Waals surface area contributed by atoms with Crippen LogP contribution in [0.5, 0.6) is 0 Å². The van der Waals surface area contributed by atoms with E-state index in [0.717, 1.165) is 23.4 Å². The van der Waals surface area contributed by atoms with Crippen LogP contribution in [0.4, 0.5) is 8.78 Å². The zero-order valence-corrected chi connectivity index (χ0v) is 11.4. The molecule has 0 aliphatic heterocycles. The Morgan fingerprint density at radius 3 is 2.50 bits per heavy atom. The third-order valence-corrected chi connectivity index (χ3v) is 3.76. The van der Waals surface area contributed by atoms with Crippen LogP contribution < -0.4 is 5.73 Å². The van der Waals surface area contributed by atoms with Crippen molar-refractivity contribution in [3.8, 4) is 0 Å². The molecule has 0 aliphatic rings. The number of halogens is 2. The average molecular weight is 294 g/mol. The van der Waals surface area contributed by atoms with Crippen molar-refractivity contribution in [1.29, 1.82) is 0 Å². The highest BCUT2D eigenvalue weighted by atomic mass is 32.2. The van der Waals surface area contributed by atoms with Gasteiger partial charge in [0, 0.05) is 21.4 Å². The van der Waals surface area contributed by atoms with E-state index < -0.39 is 11.6 Å². The highest BCUT2D eigenvalue weighted by Crippen LogP contribution is 2.33. The number of hydrogen-bond donors (Lipinski definition) is 2. The van der Waals surface area contributed by atoms with Crippen molar-refractivity contribution in [2.75, 3.05) is 0 Å². The molecule has 20 heavy (non-hydrogen) atoms. The van der Waals surface area contributed by atoms with E-state index in [0.29, 0.717) is 10.5 Å². The van der Waals surface area contributed by atoms with Gasteiger partial charge in [0.05, 0.1) is 0 Å². The van der Waals surface area contributed by atoms with Gasteiger partial charge in [-0.15, -0.1) is 0 Å².